The topological polar surface area (TPSA) is 98.3 Å². The molecule has 1 aromatic rings. The summed E-state index contributed by atoms with van der Waals surface area (Å²) in [4.78, 5) is 19.4. The number of hydrogen-bond acceptors (Lipinski definition) is 7. The van der Waals surface area contributed by atoms with Crippen molar-refractivity contribution in [3.8, 4) is 0 Å². The van der Waals surface area contributed by atoms with Gasteiger partial charge in [-0.1, -0.05) is 11.8 Å². The summed E-state index contributed by atoms with van der Waals surface area (Å²) in [5, 5.41) is 9.54. The lowest BCUT2D eigenvalue weighted by molar-refractivity contribution is 0.0526. The highest BCUT2D eigenvalue weighted by atomic mass is 32.2. The van der Waals surface area contributed by atoms with Crippen molar-refractivity contribution in [3.05, 3.63) is 11.8 Å². The summed E-state index contributed by atoms with van der Waals surface area (Å²) in [6, 6.07) is 0. The van der Waals surface area contributed by atoms with E-state index in [0.717, 1.165) is 0 Å². The van der Waals surface area contributed by atoms with Gasteiger partial charge < -0.3 is 15.6 Å². The third-order valence-electron chi connectivity index (χ3n) is 1.75. The molecule has 0 spiro atoms. The Labute approximate surface area is 104 Å². The van der Waals surface area contributed by atoms with Crippen LogP contribution in [0.2, 0.25) is 0 Å². The first-order valence-electron chi connectivity index (χ1n) is 5.15. The van der Waals surface area contributed by atoms with Crippen LogP contribution in [0.15, 0.2) is 11.4 Å². The number of esters is 1. The number of nitrogen functional groups attached to an aromatic ring is 1. The number of hydrogen-bond donors (Lipinski definition) is 2. The van der Waals surface area contributed by atoms with Crippen molar-refractivity contribution in [2.24, 2.45) is 0 Å². The van der Waals surface area contributed by atoms with Gasteiger partial charge in [0.05, 0.1) is 12.7 Å². The van der Waals surface area contributed by atoms with E-state index >= 15 is 0 Å². The third kappa shape index (κ3) is 4.20. The van der Waals surface area contributed by atoms with E-state index in [9.17, 15) is 4.79 Å². The fourth-order valence-electron chi connectivity index (χ4n) is 1.01. The van der Waals surface area contributed by atoms with Crippen LogP contribution in [-0.4, -0.2) is 39.5 Å². The van der Waals surface area contributed by atoms with Gasteiger partial charge in [-0.15, -0.1) is 0 Å². The van der Waals surface area contributed by atoms with Crippen LogP contribution in [0.4, 0.5) is 5.82 Å². The van der Waals surface area contributed by atoms with Crippen LogP contribution in [0.25, 0.3) is 0 Å². The van der Waals surface area contributed by atoms with E-state index in [1.165, 1.54) is 18.0 Å². The van der Waals surface area contributed by atoms with Gasteiger partial charge >= 0.3 is 5.97 Å². The molecule has 0 aromatic carbocycles. The standard InChI is InChI=1S/C10H15N3O3S/c1-3-16-9(15)7-4-12-10(13-8(7)11)17-5-6(2)14/h4,6,14H,3,5H2,1-2H3,(H2,11,12,13). The molecule has 0 bridgehead atoms. The minimum atomic E-state index is -0.530. The Bertz CT molecular complexity index is 398. The zero-order chi connectivity index (χ0) is 12.8. The average Bonchev–Trinajstić information content (AvgIpc) is 2.26. The predicted molar refractivity (Wildman–Crippen MR) is 64.8 cm³/mol. The quantitative estimate of drug-likeness (QED) is 0.455. The van der Waals surface area contributed by atoms with Crippen molar-refractivity contribution in [1.29, 1.82) is 0 Å². The number of anilines is 1. The Morgan fingerprint density at radius 3 is 2.94 bits per heavy atom. The van der Waals surface area contributed by atoms with Gasteiger partial charge in [0.25, 0.3) is 0 Å². The molecule has 0 aliphatic heterocycles. The van der Waals surface area contributed by atoms with Crippen LogP contribution in [0.3, 0.4) is 0 Å². The molecule has 0 aliphatic carbocycles. The fourth-order valence-corrected chi connectivity index (χ4v) is 1.69. The molecule has 0 saturated carbocycles. The van der Waals surface area contributed by atoms with E-state index in [2.05, 4.69) is 9.97 Å². The highest BCUT2D eigenvalue weighted by molar-refractivity contribution is 7.99. The van der Waals surface area contributed by atoms with Crippen LogP contribution < -0.4 is 5.73 Å². The SMILES string of the molecule is CCOC(=O)c1cnc(SCC(C)O)nc1N. The normalized spacial score (nSPS) is 12.2. The summed E-state index contributed by atoms with van der Waals surface area (Å²) in [7, 11) is 0. The Hall–Kier alpha value is -1.34. The number of aromatic nitrogens is 2. The predicted octanol–water partition coefficient (Wildman–Crippen LogP) is 0.708. The summed E-state index contributed by atoms with van der Waals surface area (Å²) in [6.07, 6.45) is 0.889. The molecule has 0 radical (unpaired) electrons. The Morgan fingerprint density at radius 1 is 1.71 bits per heavy atom. The molecule has 0 aliphatic rings. The van der Waals surface area contributed by atoms with Crippen LogP contribution in [0.1, 0.15) is 24.2 Å². The maximum Gasteiger partial charge on any atom is 0.343 e. The monoisotopic (exact) mass is 257 g/mol. The fraction of sp³-hybridized carbons (Fsp3) is 0.500. The molecular formula is C10H15N3O3S. The zero-order valence-corrected chi connectivity index (χ0v) is 10.5. The highest BCUT2D eigenvalue weighted by Crippen LogP contribution is 2.17. The van der Waals surface area contributed by atoms with Crippen LogP contribution in [0.5, 0.6) is 0 Å². The van der Waals surface area contributed by atoms with Crippen molar-refractivity contribution in [3.63, 3.8) is 0 Å². The molecule has 17 heavy (non-hydrogen) atoms. The summed E-state index contributed by atoms with van der Waals surface area (Å²) >= 11 is 1.27. The van der Waals surface area contributed by atoms with Gasteiger partial charge in [-0.2, -0.15) is 0 Å². The van der Waals surface area contributed by atoms with E-state index in [4.69, 9.17) is 15.6 Å². The maximum atomic E-state index is 11.4. The Morgan fingerprint density at radius 2 is 2.41 bits per heavy atom. The first-order chi connectivity index (χ1) is 8.04. The lowest BCUT2D eigenvalue weighted by atomic mass is 10.3. The third-order valence-corrected chi connectivity index (χ3v) is 2.85. The number of carbonyl (C=O) groups is 1. The van der Waals surface area contributed by atoms with Crippen LogP contribution >= 0.6 is 11.8 Å². The van der Waals surface area contributed by atoms with Crippen molar-refractivity contribution in [2.75, 3.05) is 18.1 Å². The number of aliphatic hydroxyl groups excluding tert-OH is 1. The van der Waals surface area contributed by atoms with Gasteiger partial charge in [0.2, 0.25) is 0 Å². The van der Waals surface area contributed by atoms with Gasteiger partial charge in [-0.25, -0.2) is 14.8 Å². The van der Waals surface area contributed by atoms with Gasteiger partial charge in [0, 0.05) is 11.9 Å². The van der Waals surface area contributed by atoms with Gasteiger partial charge in [-0.05, 0) is 13.8 Å². The first-order valence-corrected chi connectivity index (χ1v) is 6.13. The molecule has 6 nitrogen and oxygen atoms in total. The molecule has 1 rings (SSSR count). The molecule has 3 N–H and O–H groups in total. The number of carbonyl (C=O) groups excluding carboxylic acids is 1. The summed E-state index contributed by atoms with van der Waals surface area (Å²) in [6.45, 7) is 3.65. The van der Waals surface area contributed by atoms with Crippen molar-refractivity contribution >= 4 is 23.5 Å². The van der Waals surface area contributed by atoms with Crippen LogP contribution in [-0.2, 0) is 4.74 Å². The smallest absolute Gasteiger partial charge is 0.343 e. The molecule has 0 amide bonds. The largest absolute Gasteiger partial charge is 0.462 e. The number of nitrogens with two attached hydrogens (primary N) is 1. The highest BCUT2D eigenvalue weighted by Gasteiger charge is 2.13. The van der Waals surface area contributed by atoms with Crippen molar-refractivity contribution in [2.45, 2.75) is 25.1 Å². The minimum absolute atomic E-state index is 0.0894. The maximum absolute atomic E-state index is 11.4. The molecule has 94 valence electrons. The average molecular weight is 257 g/mol. The second kappa shape index (κ2) is 6.41. The number of aliphatic hydroxyl groups is 1. The van der Waals surface area contributed by atoms with Gasteiger partial charge in [-0.3, -0.25) is 0 Å². The lowest BCUT2D eigenvalue weighted by Gasteiger charge is -2.06. The lowest BCUT2D eigenvalue weighted by Crippen LogP contribution is -2.11. The number of nitrogens with zero attached hydrogens (tertiary/aromatic N) is 2. The number of thioether (sulfide) groups is 1. The van der Waals surface area contributed by atoms with E-state index in [0.29, 0.717) is 10.9 Å². The Balaban J connectivity index is 2.75. The van der Waals surface area contributed by atoms with E-state index in [1.807, 2.05) is 0 Å². The van der Waals surface area contributed by atoms with Gasteiger partial charge in [0.1, 0.15) is 11.4 Å². The molecule has 0 saturated heterocycles. The molecule has 0 fully saturated rings. The van der Waals surface area contributed by atoms with Crippen molar-refractivity contribution in [1.82, 2.24) is 9.97 Å². The minimum Gasteiger partial charge on any atom is -0.462 e. The number of rotatable bonds is 5. The van der Waals surface area contributed by atoms with Gasteiger partial charge in [0.15, 0.2) is 5.16 Å². The zero-order valence-electron chi connectivity index (χ0n) is 9.71. The molecule has 1 atom stereocenters. The van der Waals surface area contributed by atoms with Crippen molar-refractivity contribution < 1.29 is 14.6 Å². The molecule has 1 unspecified atom stereocenters. The second-order valence-corrected chi connectivity index (χ2v) is 4.32. The molecule has 1 heterocycles. The first kappa shape index (κ1) is 13.7. The summed E-state index contributed by atoms with van der Waals surface area (Å²) in [5.41, 5.74) is 5.79. The van der Waals surface area contributed by atoms with E-state index < -0.39 is 12.1 Å². The molecule has 7 heteroatoms. The van der Waals surface area contributed by atoms with E-state index in [1.54, 1.807) is 13.8 Å². The summed E-state index contributed by atoms with van der Waals surface area (Å²) < 4.78 is 4.80. The summed E-state index contributed by atoms with van der Waals surface area (Å²) in [5.74, 6) is 0.0293. The number of ether oxygens (including phenoxy) is 1. The molecule has 1 aromatic heterocycles. The second-order valence-electron chi connectivity index (χ2n) is 3.33. The van der Waals surface area contributed by atoms with Crippen LogP contribution in [0, 0.1) is 0 Å². The van der Waals surface area contributed by atoms with E-state index in [-0.39, 0.29) is 18.0 Å². The molecular weight excluding hydrogens is 242 g/mol. The Kier molecular flexibility index (Phi) is 5.17.